The highest BCUT2D eigenvalue weighted by Gasteiger charge is 2.24. The standard InChI is InChI=1S/C17H30N2/c1-6-12-17(3,13-18-4)14-19(5)16-10-8-15(7-2)9-11-16/h8-11,18H,6-7,12-14H2,1-5H3. The van der Waals surface area contributed by atoms with E-state index in [2.05, 4.69) is 62.3 Å². The molecule has 0 saturated heterocycles. The second kappa shape index (κ2) is 7.54. The van der Waals surface area contributed by atoms with Gasteiger partial charge in [0.1, 0.15) is 0 Å². The van der Waals surface area contributed by atoms with E-state index in [9.17, 15) is 0 Å². The van der Waals surface area contributed by atoms with Gasteiger partial charge in [-0.15, -0.1) is 0 Å². The van der Waals surface area contributed by atoms with Crippen LogP contribution in [0.5, 0.6) is 0 Å². The van der Waals surface area contributed by atoms with E-state index in [1.54, 1.807) is 0 Å². The number of nitrogens with zero attached hydrogens (tertiary/aromatic N) is 1. The van der Waals surface area contributed by atoms with Gasteiger partial charge in [0.15, 0.2) is 0 Å². The Labute approximate surface area is 119 Å². The molecule has 1 aromatic rings. The molecule has 0 fully saturated rings. The van der Waals surface area contributed by atoms with Crippen molar-refractivity contribution in [2.75, 3.05) is 32.1 Å². The first-order valence-corrected chi connectivity index (χ1v) is 7.49. The quantitative estimate of drug-likeness (QED) is 0.768. The van der Waals surface area contributed by atoms with Crippen LogP contribution in [0.25, 0.3) is 0 Å². The maximum atomic E-state index is 3.34. The Kier molecular flexibility index (Phi) is 6.36. The Hall–Kier alpha value is -1.02. The first kappa shape index (κ1) is 16.0. The van der Waals surface area contributed by atoms with E-state index >= 15 is 0 Å². The summed E-state index contributed by atoms with van der Waals surface area (Å²) in [5, 5.41) is 3.34. The third kappa shape index (κ3) is 4.87. The molecule has 0 saturated carbocycles. The van der Waals surface area contributed by atoms with Crippen LogP contribution in [0.3, 0.4) is 0 Å². The summed E-state index contributed by atoms with van der Waals surface area (Å²) in [6.07, 6.45) is 3.60. The van der Waals surface area contributed by atoms with Crippen molar-refractivity contribution in [3.05, 3.63) is 29.8 Å². The van der Waals surface area contributed by atoms with E-state index in [-0.39, 0.29) is 0 Å². The van der Waals surface area contributed by atoms with Crippen LogP contribution in [-0.4, -0.2) is 27.2 Å². The summed E-state index contributed by atoms with van der Waals surface area (Å²) in [5.74, 6) is 0. The lowest BCUT2D eigenvalue weighted by molar-refractivity contribution is 0.292. The first-order chi connectivity index (χ1) is 9.04. The minimum absolute atomic E-state index is 0.335. The van der Waals surface area contributed by atoms with Gasteiger partial charge in [0.05, 0.1) is 0 Å². The molecule has 1 aromatic carbocycles. The average Bonchev–Trinajstić information content (AvgIpc) is 2.39. The zero-order valence-corrected chi connectivity index (χ0v) is 13.3. The van der Waals surface area contributed by atoms with Crippen LogP contribution in [0.2, 0.25) is 0 Å². The van der Waals surface area contributed by atoms with Crippen molar-refractivity contribution < 1.29 is 0 Å². The first-order valence-electron chi connectivity index (χ1n) is 7.49. The van der Waals surface area contributed by atoms with Crippen LogP contribution in [0, 0.1) is 5.41 Å². The van der Waals surface area contributed by atoms with Gasteiger partial charge in [-0.2, -0.15) is 0 Å². The van der Waals surface area contributed by atoms with Gasteiger partial charge in [-0.3, -0.25) is 0 Å². The molecule has 1 N–H and O–H groups in total. The molecule has 0 amide bonds. The monoisotopic (exact) mass is 262 g/mol. The molecule has 0 aromatic heterocycles. The van der Waals surface area contributed by atoms with Gasteiger partial charge >= 0.3 is 0 Å². The van der Waals surface area contributed by atoms with Gasteiger partial charge in [-0.05, 0) is 43.0 Å². The molecule has 2 nitrogen and oxygen atoms in total. The topological polar surface area (TPSA) is 15.3 Å². The molecule has 2 heteroatoms. The second-order valence-corrected chi connectivity index (χ2v) is 5.97. The van der Waals surface area contributed by atoms with Gasteiger partial charge in [0.2, 0.25) is 0 Å². The molecule has 19 heavy (non-hydrogen) atoms. The zero-order chi connectivity index (χ0) is 14.3. The highest BCUT2D eigenvalue weighted by Crippen LogP contribution is 2.26. The number of benzene rings is 1. The summed E-state index contributed by atoms with van der Waals surface area (Å²) in [5.41, 5.74) is 3.06. The predicted molar refractivity (Wildman–Crippen MR) is 86.0 cm³/mol. The highest BCUT2D eigenvalue weighted by atomic mass is 15.1. The number of anilines is 1. The number of aryl methyl sites for hydroxylation is 1. The van der Waals surface area contributed by atoms with E-state index in [0.29, 0.717) is 5.41 Å². The molecule has 1 atom stereocenters. The Morgan fingerprint density at radius 3 is 2.26 bits per heavy atom. The third-order valence-electron chi connectivity index (χ3n) is 3.86. The van der Waals surface area contributed by atoms with Crippen molar-refractivity contribution in [3.8, 4) is 0 Å². The summed E-state index contributed by atoms with van der Waals surface area (Å²) in [4.78, 5) is 2.38. The van der Waals surface area contributed by atoms with E-state index in [1.807, 2.05) is 7.05 Å². The van der Waals surface area contributed by atoms with Crippen molar-refractivity contribution in [2.24, 2.45) is 5.41 Å². The van der Waals surface area contributed by atoms with Crippen LogP contribution in [0.1, 0.15) is 39.2 Å². The lowest BCUT2D eigenvalue weighted by atomic mass is 9.85. The summed E-state index contributed by atoms with van der Waals surface area (Å²) in [6, 6.07) is 8.96. The van der Waals surface area contributed by atoms with Gasteiger partial charge < -0.3 is 10.2 Å². The zero-order valence-electron chi connectivity index (χ0n) is 13.3. The minimum atomic E-state index is 0.335. The van der Waals surface area contributed by atoms with Crippen molar-refractivity contribution in [1.29, 1.82) is 0 Å². The maximum absolute atomic E-state index is 3.34. The van der Waals surface area contributed by atoms with Crippen LogP contribution in [0.15, 0.2) is 24.3 Å². The smallest absolute Gasteiger partial charge is 0.0363 e. The Morgan fingerprint density at radius 2 is 1.79 bits per heavy atom. The van der Waals surface area contributed by atoms with Crippen molar-refractivity contribution in [2.45, 2.75) is 40.0 Å². The number of hydrogen-bond acceptors (Lipinski definition) is 2. The molecule has 0 spiro atoms. The summed E-state index contributed by atoms with van der Waals surface area (Å²) in [7, 11) is 4.24. The fourth-order valence-electron chi connectivity index (χ4n) is 2.90. The lowest BCUT2D eigenvalue weighted by Crippen LogP contribution is -2.40. The predicted octanol–water partition coefficient (Wildman–Crippen LogP) is 3.71. The van der Waals surface area contributed by atoms with Crippen molar-refractivity contribution in [1.82, 2.24) is 5.32 Å². The molecule has 0 aliphatic heterocycles. The largest absolute Gasteiger partial charge is 0.374 e. The number of nitrogens with one attached hydrogen (secondary N) is 1. The highest BCUT2D eigenvalue weighted by molar-refractivity contribution is 5.47. The van der Waals surface area contributed by atoms with Gasteiger partial charge in [0.25, 0.3) is 0 Å². The molecule has 0 aliphatic rings. The molecule has 0 bridgehead atoms. The van der Waals surface area contributed by atoms with Crippen molar-refractivity contribution >= 4 is 5.69 Å². The van der Waals surface area contributed by atoms with E-state index in [4.69, 9.17) is 0 Å². The molecular formula is C17H30N2. The average molecular weight is 262 g/mol. The maximum Gasteiger partial charge on any atom is 0.0363 e. The van der Waals surface area contributed by atoms with Crippen LogP contribution in [-0.2, 0) is 6.42 Å². The van der Waals surface area contributed by atoms with E-state index in [0.717, 1.165) is 19.5 Å². The van der Waals surface area contributed by atoms with Crippen LogP contribution >= 0.6 is 0 Å². The van der Waals surface area contributed by atoms with Crippen LogP contribution in [0.4, 0.5) is 5.69 Å². The molecule has 0 heterocycles. The molecule has 0 aliphatic carbocycles. The van der Waals surface area contributed by atoms with Gasteiger partial charge in [-0.25, -0.2) is 0 Å². The summed E-state index contributed by atoms with van der Waals surface area (Å²) in [6.45, 7) is 9.00. The summed E-state index contributed by atoms with van der Waals surface area (Å²) >= 11 is 0. The Morgan fingerprint density at radius 1 is 1.16 bits per heavy atom. The number of hydrogen-bond donors (Lipinski definition) is 1. The Balaban J connectivity index is 2.72. The third-order valence-corrected chi connectivity index (χ3v) is 3.86. The minimum Gasteiger partial charge on any atom is -0.374 e. The van der Waals surface area contributed by atoms with E-state index in [1.165, 1.54) is 24.1 Å². The molecule has 0 radical (unpaired) electrons. The summed E-state index contributed by atoms with van der Waals surface area (Å²) < 4.78 is 0. The molecular weight excluding hydrogens is 232 g/mol. The fourth-order valence-corrected chi connectivity index (χ4v) is 2.90. The second-order valence-electron chi connectivity index (χ2n) is 5.97. The van der Waals surface area contributed by atoms with Crippen LogP contribution < -0.4 is 10.2 Å². The van der Waals surface area contributed by atoms with Crippen molar-refractivity contribution in [3.63, 3.8) is 0 Å². The van der Waals surface area contributed by atoms with Gasteiger partial charge in [-0.1, -0.05) is 39.3 Å². The number of rotatable bonds is 8. The lowest BCUT2D eigenvalue weighted by Gasteiger charge is -2.35. The fraction of sp³-hybridized carbons (Fsp3) is 0.647. The van der Waals surface area contributed by atoms with E-state index < -0.39 is 0 Å². The van der Waals surface area contributed by atoms with Gasteiger partial charge in [0, 0.05) is 25.8 Å². The molecule has 108 valence electrons. The molecule has 1 unspecified atom stereocenters. The SMILES string of the molecule is CCCC(C)(CNC)CN(C)c1ccc(CC)cc1. The normalized spacial score (nSPS) is 14.2. The molecule has 1 rings (SSSR count). The Bertz CT molecular complexity index is 350.